The lowest BCUT2D eigenvalue weighted by atomic mass is 10.0. The number of aliphatic hydroxyl groups excluding tert-OH is 2. The van der Waals surface area contributed by atoms with Crippen LogP contribution in [0.15, 0.2) is 85.1 Å². The van der Waals surface area contributed by atoms with Crippen molar-refractivity contribution in [2.75, 3.05) is 6.61 Å². The van der Waals surface area contributed by atoms with Crippen molar-refractivity contribution in [1.82, 2.24) is 5.32 Å². The molecule has 0 aromatic heterocycles. The van der Waals surface area contributed by atoms with Crippen LogP contribution in [0.3, 0.4) is 0 Å². The van der Waals surface area contributed by atoms with Crippen LogP contribution in [0.2, 0.25) is 0 Å². The van der Waals surface area contributed by atoms with Crippen LogP contribution >= 0.6 is 0 Å². The highest BCUT2D eigenvalue weighted by molar-refractivity contribution is 5.76. The topological polar surface area (TPSA) is 69.6 Å². The van der Waals surface area contributed by atoms with E-state index in [9.17, 15) is 15.0 Å². The maximum Gasteiger partial charge on any atom is 0.220 e. The van der Waals surface area contributed by atoms with E-state index in [0.717, 1.165) is 64.2 Å². The summed E-state index contributed by atoms with van der Waals surface area (Å²) in [5, 5.41) is 23.2. The van der Waals surface area contributed by atoms with E-state index in [-0.39, 0.29) is 12.5 Å². The molecule has 1 amide bonds. The van der Waals surface area contributed by atoms with E-state index in [1.165, 1.54) is 186 Å². The van der Waals surface area contributed by atoms with Gasteiger partial charge in [0.2, 0.25) is 5.91 Å². The third-order valence-electron chi connectivity index (χ3n) is 12.4. The Hall–Kier alpha value is -2.43. The number of aliphatic hydroxyl groups is 2. The third kappa shape index (κ3) is 50.6. The predicted molar refractivity (Wildman–Crippen MR) is 285 cm³/mol. The van der Waals surface area contributed by atoms with E-state index >= 15 is 0 Å². The quantitative estimate of drug-likeness (QED) is 0.0421. The van der Waals surface area contributed by atoms with Crippen LogP contribution in [-0.2, 0) is 4.79 Å². The maximum atomic E-state index is 12.5. The zero-order valence-electron chi connectivity index (χ0n) is 42.5. The number of nitrogens with one attached hydrogen (secondary N) is 1. The molecule has 0 aromatic carbocycles. The Morgan fingerprint density at radius 1 is 0.391 bits per heavy atom. The van der Waals surface area contributed by atoms with E-state index in [2.05, 4.69) is 92.1 Å². The van der Waals surface area contributed by atoms with Crippen molar-refractivity contribution in [2.24, 2.45) is 0 Å². The zero-order valence-corrected chi connectivity index (χ0v) is 42.5. The summed E-state index contributed by atoms with van der Waals surface area (Å²) in [6.07, 6.45) is 80.2. The lowest BCUT2D eigenvalue weighted by Gasteiger charge is -2.20. The van der Waals surface area contributed by atoms with Gasteiger partial charge in [-0.1, -0.05) is 279 Å². The first-order chi connectivity index (χ1) is 31.7. The number of allylic oxidation sites excluding steroid dienone is 13. The number of hydrogen-bond acceptors (Lipinski definition) is 3. The third-order valence-corrected chi connectivity index (χ3v) is 12.4. The Morgan fingerprint density at radius 3 is 1.03 bits per heavy atom. The van der Waals surface area contributed by atoms with Crippen molar-refractivity contribution in [3.05, 3.63) is 85.1 Å². The van der Waals surface area contributed by atoms with Gasteiger partial charge in [0.1, 0.15) is 0 Å². The van der Waals surface area contributed by atoms with Gasteiger partial charge in [-0.25, -0.2) is 0 Å². The molecule has 0 saturated heterocycles. The fraction of sp³-hybridized carbons (Fsp3) is 0.750. The van der Waals surface area contributed by atoms with Gasteiger partial charge in [-0.05, 0) is 70.6 Å². The van der Waals surface area contributed by atoms with Gasteiger partial charge in [-0.2, -0.15) is 0 Å². The van der Waals surface area contributed by atoms with Crippen LogP contribution in [-0.4, -0.2) is 34.9 Å². The van der Waals surface area contributed by atoms with Crippen LogP contribution in [0.4, 0.5) is 0 Å². The van der Waals surface area contributed by atoms with Crippen molar-refractivity contribution >= 4 is 5.91 Å². The SMILES string of the molecule is CC/C=C\C/C=C\C/C=C\C/C=C\C/C=C\C/C=C\CCCCCCCCCCCCCCCCC(=O)NC(CO)C(O)/C=C/CCCCCCCCCCCCCCCCCCC. The normalized spacial score (nSPS) is 13.5. The molecule has 2 unspecified atom stereocenters. The molecule has 0 aliphatic rings. The molecule has 0 bridgehead atoms. The number of rotatable bonds is 50. The fourth-order valence-corrected chi connectivity index (χ4v) is 8.18. The number of carbonyl (C=O) groups is 1. The molecule has 0 spiro atoms. The highest BCUT2D eigenvalue weighted by atomic mass is 16.3. The Kier molecular flexibility index (Phi) is 52.8. The van der Waals surface area contributed by atoms with Gasteiger partial charge in [0.05, 0.1) is 18.8 Å². The van der Waals surface area contributed by atoms with Crippen molar-refractivity contribution in [3.8, 4) is 0 Å². The highest BCUT2D eigenvalue weighted by Gasteiger charge is 2.18. The molecule has 3 N–H and O–H groups in total. The number of unbranched alkanes of at least 4 members (excludes halogenated alkanes) is 31. The van der Waals surface area contributed by atoms with E-state index in [4.69, 9.17) is 0 Å². The van der Waals surface area contributed by atoms with Crippen molar-refractivity contribution in [3.63, 3.8) is 0 Å². The Labute approximate surface area is 399 Å². The van der Waals surface area contributed by atoms with Gasteiger partial charge < -0.3 is 15.5 Å². The van der Waals surface area contributed by atoms with Gasteiger partial charge >= 0.3 is 0 Å². The molecule has 0 aliphatic carbocycles. The van der Waals surface area contributed by atoms with E-state index < -0.39 is 12.1 Å². The highest BCUT2D eigenvalue weighted by Crippen LogP contribution is 2.16. The summed E-state index contributed by atoms with van der Waals surface area (Å²) in [4.78, 5) is 12.5. The second-order valence-corrected chi connectivity index (χ2v) is 18.6. The molecule has 64 heavy (non-hydrogen) atoms. The Bertz CT molecular complexity index is 1150. The van der Waals surface area contributed by atoms with Gasteiger partial charge in [-0.3, -0.25) is 4.79 Å². The summed E-state index contributed by atoms with van der Waals surface area (Å²) in [6, 6.07) is -0.627. The minimum atomic E-state index is -0.843. The summed E-state index contributed by atoms with van der Waals surface area (Å²) in [6.45, 7) is 4.21. The van der Waals surface area contributed by atoms with Crippen LogP contribution < -0.4 is 5.32 Å². The number of hydrogen-bond donors (Lipinski definition) is 3. The lowest BCUT2D eigenvalue weighted by molar-refractivity contribution is -0.123. The molecule has 0 radical (unpaired) electrons. The van der Waals surface area contributed by atoms with Gasteiger partial charge in [0.15, 0.2) is 0 Å². The van der Waals surface area contributed by atoms with Crippen LogP contribution in [0.1, 0.15) is 271 Å². The largest absolute Gasteiger partial charge is 0.394 e. The summed E-state index contributed by atoms with van der Waals surface area (Å²) >= 11 is 0. The summed E-state index contributed by atoms with van der Waals surface area (Å²) in [7, 11) is 0. The Morgan fingerprint density at radius 2 is 0.688 bits per heavy atom. The summed E-state index contributed by atoms with van der Waals surface area (Å²) in [5.41, 5.74) is 0. The maximum absolute atomic E-state index is 12.5. The number of amides is 1. The standard InChI is InChI=1S/C60H107NO3/c1-3-5-7-9-11-13-15-17-19-21-23-24-25-26-27-28-29-30-31-32-33-34-35-36-38-40-42-44-46-48-50-52-54-56-60(64)61-58(57-62)59(63)55-53-51-49-47-45-43-41-39-37-22-20-18-16-14-12-10-8-6-4-2/h5,7,11,13,17,19,23-24,26-27,29-30,53,55,58-59,62-63H,3-4,6,8-10,12,14-16,18,20-22,25,28,31-52,54,56-57H2,1-2H3,(H,61,64)/b7-5-,13-11-,19-17-,24-23-,27-26-,30-29-,55-53+. The molecule has 4 heteroatoms. The first-order valence-electron chi connectivity index (χ1n) is 27.8. The average molecular weight is 891 g/mol. The summed E-state index contributed by atoms with van der Waals surface area (Å²) in [5.74, 6) is -0.0652. The fourth-order valence-electron chi connectivity index (χ4n) is 8.18. The lowest BCUT2D eigenvalue weighted by Crippen LogP contribution is -2.45. The van der Waals surface area contributed by atoms with Gasteiger partial charge in [-0.15, -0.1) is 0 Å². The van der Waals surface area contributed by atoms with Crippen molar-refractivity contribution in [1.29, 1.82) is 0 Å². The monoisotopic (exact) mass is 890 g/mol. The van der Waals surface area contributed by atoms with Crippen molar-refractivity contribution < 1.29 is 15.0 Å². The average Bonchev–Trinajstić information content (AvgIpc) is 3.30. The second kappa shape index (κ2) is 54.9. The molecule has 0 saturated carbocycles. The molecule has 0 aromatic rings. The molecule has 0 heterocycles. The predicted octanol–water partition coefficient (Wildman–Crippen LogP) is 18.4. The number of carbonyl (C=O) groups excluding carboxylic acids is 1. The van der Waals surface area contributed by atoms with E-state index in [0.29, 0.717) is 6.42 Å². The van der Waals surface area contributed by atoms with Crippen LogP contribution in [0.5, 0.6) is 0 Å². The molecule has 0 rings (SSSR count). The zero-order chi connectivity index (χ0) is 46.3. The first kappa shape index (κ1) is 61.6. The van der Waals surface area contributed by atoms with Crippen molar-refractivity contribution in [2.45, 2.75) is 283 Å². The first-order valence-corrected chi connectivity index (χ1v) is 27.8. The minimum absolute atomic E-state index is 0.0652. The molecular formula is C60H107NO3. The van der Waals surface area contributed by atoms with Gasteiger partial charge in [0, 0.05) is 6.42 Å². The van der Waals surface area contributed by atoms with Crippen LogP contribution in [0, 0.1) is 0 Å². The second-order valence-electron chi connectivity index (χ2n) is 18.6. The minimum Gasteiger partial charge on any atom is -0.394 e. The molecule has 2 atom stereocenters. The Balaban J connectivity index is 3.53. The smallest absolute Gasteiger partial charge is 0.220 e. The molecule has 370 valence electrons. The van der Waals surface area contributed by atoms with E-state index in [1.807, 2.05) is 6.08 Å². The van der Waals surface area contributed by atoms with E-state index in [1.54, 1.807) is 6.08 Å². The molecule has 4 nitrogen and oxygen atoms in total. The van der Waals surface area contributed by atoms with Crippen LogP contribution in [0.25, 0.3) is 0 Å². The molecular weight excluding hydrogens is 783 g/mol. The molecule has 0 aliphatic heterocycles. The molecule has 0 fully saturated rings. The summed E-state index contributed by atoms with van der Waals surface area (Å²) < 4.78 is 0. The van der Waals surface area contributed by atoms with Gasteiger partial charge in [0.25, 0.3) is 0 Å².